The minimum Gasteiger partial charge on any atom is -0.166 e. The molecule has 1 aromatic heterocycles. The first-order valence-corrected chi connectivity index (χ1v) is 5.74. The predicted molar refractivity (Wildman–Crippen MR) is 58.0 cm³/mol. The Hall–Kier alpha value is -0.950. The molecule has 0 atom stereocenters. The molecule has 0 saturated carbocycles. The Morgan fingerprint density at radius 2 is 1.94 bits per heavy atom. The Morgan fingerprint density at radius 3 is 2.50 bits per heavy atom. The van der Waals surface area contributed by atoms with Crippen LogP contribution in [0.4, 0.5) is 13.2 Å². The molecular formula is C9H4BrF3N2S. The summed E-state index contributed by atoms with van der Waals surface area (Å²) in [7, 11) is 0. The Bertz CT molecular complexity index is 509. The standard InChI is InChI=1S/C9H4BrF3N2S/c10-8-15-14-7(16-8)5-2-1-3-6(4-5)9(11,12)13/h1-4H. The van der Waals surface area contributed by atoms with Gasteiger partial charge in [0.1, 0.15) is 5.01 Å². The summed E-state index contributed by atoms with van der Waals surface area (Å²) < 4.78 is 37.9. The average molecular weight is 309 g/mol. The highest BCUT2D eigenvalue weighted by Crippen LogP contribution is 2.33. The fourth-order valence-electron chi connectivity index (χ4n) is 1.15. The van der Waals surface area contributed by atoms with Crippen molar-refractivity contribution in [3.8, 4) is 10.6 Å². The Labute approximate surface area is 101 Å². The molecule has 1 heterocycles. The van der Waals surface area contributed by atoms with Gasteiger partial charge in [-0.25, -0.2) is 0 Å². The van der Waals surface area contributed by atoms with E-state index in [9.17, 15) is 13.2 Å². The lowest BCUT2D eigenvalue weighted by Crippen LogP contribution is -2.04. The molecule has 0 aliphatic heterocycles. The van der Waals surface area contributed by atoms with Gasteiger partial charge in [-0.2, -0.15) is 13.2 Å². The van der Waals surface area contributed by atoms with Gasteiger partial charge in [0.2, 0.25) is 0 Å². The van der Waals surface area contributed by atoms with Crippen LogP contribution in [0, 0.1) is 0 Å². The van der Waals surface area contributed by atoms with Gasteiger partial charge in [-0.15, -0.1) is 10.2 Å². The molecule has 0 aliphatic rings. The number of alkyl halides is 3. The normalized spacial score (nSPS) is 11.8. The number of benzene rings is 1. The highest BCUT2D eigenvalue weighted by atomic mass is 79.9. The maximum atomic E-state index is 12.4. The van der Waals surface area contributed by atoms with Crippen LogP contribution in [0.3, 0.4) is 0 Å². The minimum atomic E-state index is -4.34. The van der Waals surface area contributed by atoms with Gasteiger partial charge < -0.3 is 0 Å². The molecule has 0 unspecified atom stereocenters. The van der Waals surface area contributed by atoms with E-state index in [2.05, 4.69) is 26.1 Å². The van der Waals surface area contributed by atoms with Gasteiger partial charge in [-0.3, -0.25) is 0 Å². The van der Waals surface area contributed by atoms with Crippen LogP contribution < -0.4 is 0 Å². The van der Waals surface area contributed by atoms with Gasteiger partial charge in [0.05, 0.1) is 5.56 Å². The van der Waals surface area contributed by atoms with E-state index in [1.807, 2.05) is 0 Å². The first-order chi connectivity index (χ1) is 7.47. The molecule has 0 aliphatic carbocycles. The zero-order chi connectivity index (χ0) is 11.8. The smallest absolute Gasteiger partial charge is 0.166 e. The van der Waals surface area contributed by atoms with E-state index in [0.29, 0.717) is 14.5 Å². The second-order valence-corrected chi connectivity index (χ2v) is 5.19. The fraction of sp³-hybridized carbons (Fsp3) is 0.111. The summed E-state index contributed by atoms with van der Waals surface area (Å²) in [4.78, 5) is 0. The van der Waals surface area contributed by atoms with Gasteiger partial charge in [0, 0.05) is 5.56 Å². The molecule has 0 spiro atoms. The third-order valence-corrected chi connectivity index (χ3v) is 3.24. The van der Waals surface area contributed by atoms with E-state index < -0.39 is 11.7 Å². The van der Waals surface area contributed by atoms with E-state index in [0.717, 1.165) is 12.1 Å². The zero-order valence-electron chi connectivity index (χ0n) is 7.62. The summed E-state index contributed by atoms with van der Waals surface area (Å²) in [5.41, 5.74) is -0.269. The topological polar surface area (TPSA) is 25.8 Å². The van der Waals surface area contributed by atoms with Crippen LogP contribution in [0.2, 0.25) is 0 Å². The van der Waals surface area contributed by atoms with Crippen LogP contribution >= 0.6 is 27.3 Å². The van der Waals surface area contributed by atoms with Crippen LogP contribution in [0.15, 0.2) is 28.2 Å². The molecule has 2 aromatic rings. The van der Waals surface area contributed by atoms with E-state index in [-0.39, 0.29) is 0 Å². The van der Waals surface area contributed by atoms with Gasteiger partial charge in [-0.05, 0) is 28.1 Å². The quantitative estimate of drug-likeness (QED) is 0.796. The molecule has 2 rings (SSSR count). The molecule has 0 amide bonds. The summed E-state index contributed by atoms with van der Waals surface area (Å²) in [5.74, 6) is 0. The van der Waals surface area contributed by atoms with Crippen molar-refractivity contribution in [3.63, 3.8) is 0 Å². The van der Waals surface area contributed by atoms with Gasteiger partial charge in [0.25, 0.3) is 0 Å². The van der Waals surface area contributed by atoms with Crippen molar-refractivity contribution in [2.75, 3.05) is 0 Å². The number of rotatable bonds is 1. The second-order valence-electron chi connectivity index (χ2n) is 2.94. The largest absolute Gasteiger partial charge is 0.416 e. The zero-order valence-corrected chi connectivity index (χ0v) is 10.0. The van der Waals surface area contributed by atoms with E-state index in [1.165, 1.54) is 17.4 Å². The minimum absolute atomic E-state index is 0.415. The number of hydrogen-bond acceptors (Lipinski definition) is 3. The third kappa shape index (κ3) is 2.41. The Kier molecular flexibility index (Phi) is 2.98. The van der Waals surface area contributed by atoms with E-state index >= 15 is 0 Å². The molecular weight excluding hydrogens is 305 g/mol. The Balaban J connectivity index is 2.44. The SMILES string of the molecule is FC(F)(F)c1cccc(-c2nnc(Br)s2)c1. The summed E-state index contributed by atoms with van der Waals surface area (Å²) in [6, 6.07) is 5.02. The molecule has 0 radical (unpaired) electrons. The monoisotopic (exact) mass is 308 g/mol. The molecule has 2 nitrogen and oxygen atoms in total. The van der Waals surface area contributed by atoms with Crippen molar-refractivity contribution in [2.24, 2.45) is 0 Å². The van der Waals surface area contributed by atoms with Crippen molar-refractivity contribution in [2.45, 2.75) is 6.18 Å². The summed E-state index contributed by atoms with van der Waals surface area (Å²) in [5, 5.41) is 7.91. The number of aromatic nitrogens is 2. The second kappa shape index (κ2) is 4.14. The van der Waals surface area contributed by atoms with Crippen LogP contribution in [-0.4, -0.2) is 10.2 Å². The predicted octanol–water partition coefficient (Wildman–Crippen LogP) is 3.99. The van der Waals surface area contributed by atoms with E-state index in [4.69, 9.17) is 0 Å². The van der Waals surface area contributed by atoms with Crippen LogP contribution in [0.5, 0.6) is 0 Å². The van der Waals surface area contributed by atoms with Gasteiger partial charge in [-0.1, -0.05) is 23.5 Å². The number of nitrogens with zero attached hydrogens (tertiary/aromatic N) is 2. The lowest BCUT2D eigenvalue weighted by molar-refractivity contribution is -0.137. The molecule has 7 heteroatoms. The van der Waals surface area contributed by atoms with Crippen molar-refractivity contribution >= 4 is 27.3 Å². The lowest BCUT2D eigenvalue weighted by atomic mass is 10.1. The molecule has 0 N–H and O–H groups in total. The Morgan fingerprint density at radius 1 is 1.19 bits per heavy atom. The maximum Gasteiger partial charge on any atom is 0.416 e. The van der Waals surface area contributed by atoms with Gasteiger partial charge >= 0.3 is 6.18 Å². The number of hydrogen-bond donors (Lipinski definition) is 0. The molecule has 84 valence electrons. The third-order valence-electron chi connectivity index (χ3n) is 1.84. The van der Waals surface area contributed by atoms with Crippen molar-refractivity contribution < 1.29 is 13.2 Å². The highest BCUT2D eigenvalue weighted by molar-refractivity contribution is 9.11. The maximum absolute atomic E-state index is 12.4. The highest BCUT2D eigenvalue weighted by Gasteiger charge is 2.30. The van der Waals surface area contributed by atoms with Gasteiger partial charge in [0.15, 0.2) is 3.92 Å². The molecule has 0 bridgehead atoms. The van der Waals surface area contributed by atoms with Crippen LogP contribution in [-0.2, 0) is 6.18 Å². The average Bonchev–Trinajstić information content (AvgIpc) is 2.64. The lowest BCUT2D eigenvalue weighted by Gasteiger charge is -2.06. The van der Waals surface area contributed by atoms with Crippen molar-refractivity contribution in [1.82, 2.24) is 10.2 Å². The summed E-state index contributed by atoms with van der Waals surface area (Å²) >= 11 is 4.30. The molecule has 0 saturated heterocycles. The molecule has 1 aromatic carbocycles. The van der Waals surface area contributed by atoms with Crippen molar-refractivity contribution in [1.29, 1.82) is 0 Å². The first-order valence-electron chi connectivity index (χ1n) is 4.13. The summed E-state index contributed by atoms with van der Waals surface area (Å²) in [6.45, 7) is 0. The van der Waals surface area contributed by atoms with Crippen LogP contribution in [0.25, 0.3) is 10.6 Å². The molecule has 16 heavy (non-hydrogen) atoms. The fourth-order valence-corrected chi connectivity index (χ4v) is 2.26. The first kappa shape index (κ1) is 11.5. The van der Waals surface area contributed by atoms with E-state index in [1.54, 1.807) is 6.07 Å². The number of halogens is 4. The van der Waals surface area contributed by atoms with Crippen molar-refractivity contribution in [3.05, 3.63) is 33.7 Å². The van der Waals surface area contributed by atoms with Crippen LogP contribution in [0.1, 0.15) is 5.56 Å². The summed E-state index contributed by atoms with van der Waals surface area (Å²) in [6.07, 6.45) is -4.34. The molecule has 0 fully saturated rings.